The molecule has 0 saturated carbocycles. The van der Waals surface area contributed by atoms with E-state index in [0.29, 0.717) is 18.9 Å². The number of morpholine rings is 1. The average Bonchev–Trinajstić information content (AvgIpc) is 2.47. The minimum Gasteiger partial charge on any atom is -0.478 e. The fraction of sp³-hybridized carbons (Fsp3) is 0.462. The summed E-state index contributed by atoms with van der Waals surface area (Å²) in [6, 6.07) is 4.12. The van der Waals surface area contributed by atoms with Gasteiger partial charge in [-0.15, -0.1) is 0 Å². The van der Waals surface area contributed by atoms with E-state index in [1.54, 1.807) is 19.0 Å². The second kappa shape index (κ2) is 6.00. The maximum absolute atomic E-state index is 12.7. The molecule has 0 aromatic heterocycles. The number of carbonyl (C=O) groups is 1. The quantitative estimate of drug-likeness (QED) is 0.869. The summed E-state index contributed by atoms with van der Waals surface area (Å²) in [5.74, 6) is -1.15. The van der Waals surface area contributed by atoms with Crippen LogP contribution in [-0.2, 0) is 14.8 Å². The van der Waals surface area contributed by atoms with E-state index < -0.39 is 16.0 Å². The summed E-state index contributed by atoms with van der Waals surface area (Å²) in [6.07, 6.45) is 0. The Morgan fingerprint density at radius 3 is 2.43 bits per heavy atom. The molecule has 1 aliphatic heterocycles. The zero-order chi connectivity index (χ0) is 15.6. The number of rotatable bonds is 4. The number of hydrogen-bond donors (Lipinski definition) is 1. The van der Waals surface area contributed by atoms with Gasteiger partial charge in [-0.05, 0) is 18.2 Å². The van der Waals surface area contributed by atoms with Crippen molar-refractivity contribution in [2.45, 2.75) is 4.90 Å². The monoisotopic (exact) mass is 314 g/mol. The van der Waals surface area contributed by atoms with E-state index in [4.69, 9.17) is 9.84 Å². The van der Waals surface area contributed by atoms with Gasteiger partial charge in [-0.1, -0.05) is 0 Å². The molecule has 0 unspecified atom stereocenters. The third-order valence-corrected chi connectivity index (χ3v) is 5.20. The maximum Gasteiger partial charge on any atom is 0.335 e. The topological polar surface area (TPSA) is 87.2 Å². The van der Waals surface area contributed by atoms with Crippen LogP contribution in [0.1, 0.15) is 10.4 Å². The number of nitrogens with zero attached hydrogens (tertiary/aromatic N) is 2. The van der Waals surface area contributed by atoms with Crippen LogP contribution in [0.4, 0.5) is 5.69 Å². The van der Waals surface area contributed by atoms with E-state index in [0.717, 1.165) is 0 Å². The average molecular weight is 314 g/mol. The lowest BCUT2D eigenvalue weighted by atomic mass is 10.2. The molecule has 0 aliphatic carbocycles. The van der Waals surface area contributed by atoms with Crippen LogP contribution in [0.5, 0.6) is 0 Å². The Morgan fingerprint density at radius 1 is 1.29 bits per heavy atom. The molecule has 1 aliphatic rings. The molecule has 0 atom stereocenters. The third-order valence-electron chi connectivity index (χ3n) is 3.28. The molecule has 21 heavy (non-hydrogen) atoms. The molecule has 0 bridgehead atoms. The third kappa shape index (κ3) is 3.17. The van der Waals surface area contributed by atoms with Crippen molar-refractivity contribution < 1.29 is 23.1 Å². The molecule has 116 valence electrons. The predicted molar refractivity (Wildman–Crippen MR) is 77.3 cm³/mol. The SMILES string of the molecule is CN(C)c1ccc(C(=O)O)cc1S(=O)(=O)N1CCOCC1. The number of ether oxygens (including phenoxy) is 1. The molecule has 7 nitrogen and oxygen atoms in total. The van der Waals surface area contributed by atoms with Crippen LogP contribution in [0.25, 0.3) is 0 Å². The van der Waals surface area contributed by atoms with Gasteiger partial charge in [0.1, 0.15) is 4.90 Å². The number of sulfonamides is 1. The van der Waals surface area contributed by atoms with Crippen LogP contribution in [0.3, 0.4) is 0 Å². The molecule has 1 fully saturated rings. The first kappa shape index (κ1) is 15.7. The number of benzene rings is 1. The van der Waals surface area contributed by atoms with Gasteiger partial charge in [-0.25, -0.2) is 13.2 Å². The molecule has 2 rings (SSSR count). The lowest BCUT2D eigenvalue weighted by molar-refractivity contribution is 0.0696. The van der Waals surface area contributed by atoms with Crippen LogP contribution in [0.15, 0.2) is 23.1 Å². The second-order valence-corrected chi connectivity index (χ2v) is 6.80. The summed E-state index contributed by atoms with van der Waals surface area (Å²) in [6.45, 7) is 1.23. The normalized spacial score (nSPS) is 16.7. The Bertz CT molecular complexity index is 636. The van der Waals surface area contributed by atoms with Gasteiger partial charge < -0.3 is 14.7 Å². The minimum atomic E-state index is -3.75. The van der Waals surface area contributed by atoms with E-state index in [2.05, 4.69) is 0 Å². The fourth-order valence-electron chi connectivity index (χ4n) is 2.15. The van der Waals surface area contributed by atoms with Gasteiger partial charge in [0.15, 0.2) is 0 Å². The van der Waals surface area contributed by atoms with Gasteiger partial charge in [0.2, 0.25) is 10.0 Å². The lowest BCUT2D eigenvalue weighted by Crippen LogP contribution is -2.41. The number of carboxylic acids is 1. The number of anilines is 1. The molecule has 1 N–H and O–H groups in total. The van der Waals surface area contributed by atoms with Crippen molar-refractivity contribution in [3.8, 4) is 0 Å². The molecular weight excluding hydrogens is 296 g/mol. The first-order valence-electron chi connectivity index (χ1n) is 6.46. The van der Waals surface area contributed by atoms with E-state index in [9.17, 15) is 13.2 Å². The highest BCUT2D eigenvalue weighted by Gasteiger charge is 2.30. The van der Waals surface area contributed by atoms with Crippen LogP contribution >= 0.6 is 0 Å². The highest BCUT2D eigenvalue weighted by molar-refractivity contribution is 7.89. The summed E-state index contributed by atoms with van der Waals surface area (Å²) in [7, 11) is -0.313. The number of aromatic carboxylic acids is 1. The van der Waals surface area contributed by atoms with E-state index in [-0.39, 0.29) is 23.5 Å². The molecular formula is C13H18N2O5S. The molecule has 1 heterocycles. The van der Waals surface area contributed by atoms with Crippen molar-refractivity contribution in [1.29, 1.82) is 0 Å². The summed E-state index contributed by atoms with van der Waals surface area (Å²) in [4.78, 5) is 12.8. The van der Waals surface area contributed by atoms with Gasteiger partial charge >= 0.3 is 5.97 Å². The van der Waals surface area contributed by atoms with Gasteiger partial charge in [0, 0.05) is 27.2 Å². The Hall–Kier alpha value is -1.64. The smallest absolute Gasteiger partial charge is 0.335 e. The molecule has 1 saturated heterocycles. The Labute approximate surface area is 123 Å². The largest absolute Gasteiger partial charge is 0.478 e. The van der Waals surface area contributed by atoms with Crippen LogP contribution < -0.4 is 4.90 Å². The molecule has 0 amide bonds. The van der Waals surface area contributed by atoms with Crippen molar-refractivity contribution in [3.63, 3.8) is 0 Å². The fourth-order valence-corrected chi connectivity index (χ4v) is 3.85. The molecule has 0 spiro atoms. The number of carboxylic acid groups (broad SMARTS) is 1. The van der Waals surface area contributed by atoms with E-state index in [1.165, 1.54) is 22.5 Å². The van der Waals surface area contributed by atoms with Gasteiger partial charge in [0.05, 0.1) is 24.5 Å². The van der Waals surface area contributed by atoms with Crippen LogP contribution in [0, 0.1) is 0 Å². The van der Waals surface area contributed by atoms with Crippen molar-refractivity contribution >= 4 is 21.7 Å². The Kier molecular flexibility index (Phi) is 4.50. The summed E-state index contributed by atoms with van der Waals surface area (Å²) in [5, 5.41) is 9.07. The Morgan fingerprint density at radius 2 is 1.90 bits per heavy atom. The standard InChI is InChI=1S/C13H18N2O5S/c1-14(2)11-4-3-10(13(16)17)9-12(11)21(18,19)15-5-7-20-8-6-15/h3-4,9H,5-8H2,1-2H3,(H,16,17). The van der Waals surface area contributed by atoms with Crippen molar-refractivity contribution in [1.82, 2.24) is 4.31 Å². The molecule has 8 heteroatoms. The number of hydrogen-bond acceptors (Lipinski definition) is 5. The van der Waals surface area contributed by atoms with Gasteiger partial charge in [-0.3, -0.25) is 0 Å². The van der Waals surface area contributed by atoms with E-state index in [1.807, 2.05) is 0 Å². The molecule has 1 aromatic carbocycles. The van der Waals surface area contributed by atoms with Crippen molar-refractivity contribution in [2.75, 3.05) is 45.3 Å². The van der Waals surface area contributed by atoms with Crippen LogP contribution in [0.2, 0.25) is 0 Å². The minimum absolute atomic E-state index is 0.00861. The first-order valence-corrected chi connectivity index (χ1v) is 7.90. The predicted octanol–water partition coefficient (Wildman–Crippen LogP) is 0.472. The first-order chi connectivity index (χ1) is 9.84. The van der Waals surface area contributed by atoms with Crippen molar-refractivity contribution in [3.05, 3.63) is 23.8 Å². The highest BCUT2D eigenvalue weighted by Crippen LogP contribution is 2.28. The highest BCUT2D eigenvalue weighted by atomic mass is 32.2. The van der Waals surface area contributed by atoms with Gasteiger partial charge in [0.25, 0.3) is 0 Å². The van der Waals surface area contributed by atoms with Crippen LogP contribution in [-0.4, -0.2) is 64.2 Å². The van der Waals surface area contributed by atoms with E-state index >= 15 is 0 Å². The zero-order valence-corrected chi connectivity index (χ0v) is 12.8. The zero-order valence-electron chi connectivity index (χ0n) is 11.9. The second-order valence-electron chi connectivity index (χ2n) is 4.90. The maximum atomic E-state index is 12.7. The summed E-state index contributed by atoms with van der Waals surface area (Å²) in [5.41, 5.74) is 0.416. The Balaban J connectivity index is 2.53. The van der Waals surface area contributed by atoms with Crippen molar-refractivity contribution in [2.24, 2.45) is 0 Å². The van der Waals surface area contributed by atoms with Gasteiger partial charge in [-0.2, -0.15) is 4.31 Å². The summed E-state index contributed by atoms with van der Waals surface area (Å²) >= 11 is 0. The molecule has 0 radical (unpaired) electrons. The molecule has 1 aromatic rings. The lowest BCUT2D eigenvalue weighted by Gasteiger charge is -2.28. The summed E-state index contributed by atoms with van der Waals surface area (Å²) < 4.78 is 32.0.